The predicted octanol–water partition coefficient (Wildman–Crippen LogP) is 3.89. The van der Waals surface area contributed by atoms with E-state index in [0.29, 0.717) is 16.1 Å². The van der Waals surface area contributed by atoms with Crippen LogP contribution in [-0.2, 0) is 0 Å². The molecule has 5 heteroatoms. The van der Waals surface area contributed by atoms with Crippen LogP contribution >= 0.6 is 27.7 Å². The fraction of sp³-hybridized carbons (Fsp3) is 0.455. The van der Waals surface area contributed by atoms with Gasteiger partial charge in [0, 0.05) is 17.1 Å². The minimum Gasteiger partial charge on any atom is -0.381 e. The summed E-state index contributed by atoms with van der Waals surface area (Å²) in [7, 11) is 0. The number of hydrogen-bond acceptors (Lipinski definition) is 2. The van der Waals surface area contributed by atoms with Crippen LogP contribution < -0.4 is 5.32 Å². The monoisotopic (exact) mass is 307 g/mol. The SMILES string of the molecule is Fc1cc(F)c(NCC2CCSC2)c(Br)c1. The van der Waals surface area contributed by atoms with Gasteiger partial charge in [0.15, 0.2) is 0 Å². The van der Waals surface area contributed by atoms with Crippen molar-refractivity contribution in [3.05, 3.63) is 28.2 Å². The molecule has 0 spiro atoms. The summed E-state index contributed by atoms with van der Waals surface area (Å²) in [5.74, 6) is 1.78. The van der Waals surface area contributed by atoms with Gasteiger partial charge in [-0.3, -0.25) is 0 Å². The average molecular weight is 308 g/mol. The largest absolute Gasteiger partial charge is 0.381 e. The molecule has 0 radical (unpaired) electrons. The van der Waals surface area contributed by atoms with E-state index in [0.717, 1.165) is 24.8 Å². The number of thioether (sulfide) groups is 1. The van der Waals surface area contributed by atoms with Gasteiger partial charge in [-0.2, -0.15) is 11.8 Å². The molecule has 0 aliphatic carbocycles. The van der Waals surface area contributed by atoms with Crippen molar-refractivity contribution in [2.45, 2.75) is 6.42 Å². The summed E-state index contributed by atoms with van der Waals surface area (Å²) in [4.78, 5) is 0. The minimum atomic E-state index is -0.564. The van der Waals surface area contributed by atoms with Gasteiger partial charge in [-0.25, -0.2) is 8.78 Å². The number of halogens is 3. The van der Waals surface area contributed by atoms with Crippen molar-refractivity contribution < 1.29 is 8.78 Å². The first-order valence-electron chi connectivity index (χ1n) is 5.13. The second-order valence-corrected chi connectivity index (χ2v) is 5.86. The zero-order valence-electron chi connectivity index (χ0n) is 8.60. The third kappa shape index (κ3) is 2.88. The van der Waals surface area contributed by atoms with Crippen molar-refractivity contribution in [2.24, 2.45) is 5.92 Å². The van der Waals surface area contributed by atoms with Crippen LogP contribution in [0.15, 0.2) is 16.6 Å². The molecule has 1 aromatic rings. The molecule has 0 bridgehead atoms. The Bertz CT molecular complexity index is 357. The van der Waals surface area contributed by atoms with Gasteiger partial charge < -0.3 is 5.32 Å². The maximum absolute atomic E-state index is 13.4. The van der Waals surface area contributed by atoms with Crippen molar-refractivity contribution in [1.29, 1.82) is 0 Å². The van der Waals surface area contributed by atoms with E-state index in [-0.39, 0.29) is 0 Å². The topological polar surface area (TPSA) is 12.0 Å². The van der Waals surface area contributed by atoms with Gasteiger partial charge in [-0.1, -0.05) is 0 Å². The number of rotatable bonds is 3. The molecule has 1 aliphatic heterocycles. The van der Waals surface area contributed by atoms with Crippen molar-refractivity contribution in [1.82, 2.24) is 0 Å². The highest BCUT2D eigenvalue weighted by Gasteiger charge is 2.16. The van der Waals surface area contributed by atoms with E-state index in [1.165, 1.54) is 11.8 Å². The second kappa shape index (κ2) is 5.36. The Hall–Kier alpha value is -0.290. The Labute approximate surface area is 106 Å². The molecule has 1 nitrogen and oxygen atoms in total. The van der Waals surface area contributed by atoms with Crippen LogP contribution in [0.1, 0.15) is 6.42 Å². The summed E-state index contributed by atoms with van der Waals surface area (Å²) in [5, 5.41) is 3.05. The van der Waals surface area contributed by atoms with Crippen LogP contribution in [0, 0.1) is 17.6 Å². The highest BCUT2D eigenvalue weighted by Crippen LogP contribution is 2.29. The lowest BCUT2D eigenvalue weighted by Crippen LogP contribution is -2.14. The van der Waals surface area contributed by atoms with Gasteiger partial charge in [0.1, 0.15) is 11.6 Å². The fourth-order valence-electron chi connectivity index (χ4n) is 1.70. The molecule has 1 aromatic carbocycles. The summed E-state index contributed by atoms with van der Waals surface area (Å²) in [6.07, 6.45) is 1.16. The van der Waals surface area contributed by atoms with Crippen LogP contribution in [0.25, 0.3) is 0 Å². The first-order chi connectivity index (χ1) is 7.66. The van der Waals surface area contributed by atoms with E-state index >= 15 is 0 Å². The quantitative estimate of drug-likeness (QED) is 0.909. The van der Waals surface area contributed by atoms with E-state index in [4.69, 9.17) is 0 Å². The van der Waals surface area contributed by atoms with Crippen molar-refractivity contribution in [2.75, 3.05) is 23.4 Å². The van der Waals surface area contributed by atoms with Gasteiger partial charge in [-0.05, 0) is 45.8 Å². The first kappa shape index (κ1) is 12.2. The number of anilines is 1. The molecule has 1 unspecified atom stereocenters. The van der Waals surface area contributed by atoms with E-state index in [1.54, 1.807) is 0 Å². The molecule has 2 rings (SSSR count). The maximum atomic E-state index is 13.4. The van der Waals surface area contributed by atoms with Gasteiger partial charge in [0.25, 0.3) is 0 Å². The number of nitrogens with one attached hydrogen (secondary N) is 1. The molecular formula is C11H12BrF2NS. The Morgan fingerprint density at radius 1 is 1.44 bits per heavy atom. The van der Waals surface area contributed by atoms with Crippen molar-refractivity contribution in [3.8, 4) is 0 Å². The van der Waals surface area contributed by atoms with E-state index < -0.39 is 11.6 Å². The highest BCUT2D eigenvalue weighted by molar-refractivity contribution is 9.10. The number of hydrogen-bond donors (Lipinski definition) is 1. The molecule has 1 saturated heterocycles. The lowest BCUT2D eigenvalue weighted by molar-refractivity contribution is 0.579. The van der Waals surface area contributed by atoms with Gasteiger partial charge >= 0.3 is 0 Å². The molecule has 16 heavy (non-hydrogen) atoms. The zero-order chi connectivity index (χ0) is 11.5. The third-order valence-electron chi connectivity index (χ3n) is 2.60. The van der Waals surface area contributed by atoms with Gasteiger partial charge in [0.2, 0.25) is 0 Å². The number of benzene rings is 1. The molecule has 1 heterocycles. The van der Waals surface area contributed by atoms with Crippen LogP contribution in [0.2, 0.25) is 0 Å². The highest BCUT2D eigenvalue weighted by atomic mass is 79.9. The van der Waals surface area contributed by atoms with Crippen LogP contribution in [-0.4, -0.2) is 18.1 Å². The van der Waals surface area contributed by atoms with E-state index in [1.807, 2.05) is 11.8 Å². The van der Waals surface area contributed by atoms with E-state index in [9.17, 15) is 8.78 Å². The predicted molar refractivity (Wildman–Crippen MR) is 68.0 cm³/mol. The van der Waals surface area contributed by atoms with E-state index in [2.05, 4.69) is 21.2 Å². The van der Waals surface area contributed by atoms with Gasteiger partial charge in [-0.15, -0.1) is 0 Å². The summed E-state index contributed by atoms with van der Waals surface area (Å²) in [5.41, 5.74) is 0.360. The van der Waals surface area contributed by atoms with Crippen molar-refractivity contribution >= 4 is 33.4 Å². The standard InChI is InChI=1S/C11H12BrF2NS/c12-9-3-8(13)4-10(14)11(9)15-5-7-1-2-16-6-7/h3-4,7,15H,1-2,5-6H2. The molecule has 1 atom stereocenters. The van der Waals surface area contributed by atoms with Crippen LogP contribution in [0.5, 0.6) is 0 Å². The van der Waals surface area contributed by atoms with Crippen LogP contribution in [0.3, 0.4) is 0 Å². The van der Waals surface area contributed by atoms with Crippen LogP contribution in [0.4, 0.5) is 14.5 Å². The molecule has 1 N–H and O–H groups in total. The summed E-state index contributed by atoms with van der Waals surface area (Å²) in [6.45, 7) is 0.744. The Kier molecular flexibility index (Phi) is 4.08. The summed E-state index contributed by atoms with van der Waals surface area (Å²) >= 11 is 5.08. The van der Waals surface area contributed by atoms with Gasteiger partial charge in [0.05, 0.1) is 5.69 Å². The molecule has 0 saturated carbocycles. The fourth-order valence-corrected chi connectivity index (χ4v) is 3.53. The summed E-state index contributed by atoms with van der Waals surface area (Å²) < 4.78 is 26.7. The molecule has 88 valence electrons. The smallest absolute Gasteiger partial charge is 0.150 e. The van der Waals surface area contributed by atoms with Crippen molar-refractivity contribution in [3.63, 3.8) is 0 Å². The Morgan fingerprint density at radius 2 is 2.25 bits per heavy atom. The third-order valence-corrected chi connectivity index (χ3v) is 4.46. The molecular weight excluding hydrogens is 296 g/mol. The first-order valence-corrected chi connectivity index (χ1v) is 7.07. The molecule has 1 fully saturated rings. The molecule has 0 amide bonds. The lowest BCUT2D eigenvalue weighted by atomic mass is 10.1. The molecule has 1 aliphatic rings. The Morgan fingerprint density at radius 3 is 2.88 bits per heavy atom. The normalized spacial score (nSPS) is 20.1. The maximum Gasteiger partial charge on any atom is 0.150 e. The Balaban J connectivity index is 2.03. The zero-order valence-corrected chi connectivity index (χ0v) is 11.0. The molecule has 0 aromatic heterocycles. The minimum absolute atomic E-state index is 0.360. The summed E-state index contributed by atoms with van der Waals surface area (Å²) in [6, 6.07) is 2.17. The second-order valence-electron chi connectivity index (χ2n) is 3.85. The average Bonchev–Trinajstić information content (AvgIpc) is 2.68. The lowest BCUT2D eigenvalue weighted by Gasteiger charge is -2.13.